The molecule has 0 N–H and O–H groups in total. The van der Waals surface area contributed by atoms with E-state index in [9.17, 15) is 13.2 Å². The van der Waals surface area contributed by atoms with Gasteiger partial charge in [-0.2, -0.15) is 0 Å². The first-order valence-electron chi connectivity index (χ1n) is 10.0. The van der Waals surface area contributed by atoms with E-state index in [2.05, 4.69) is 4.98 Å². The summed E-state index contributed by atoms with van der Waals surface area (Å²) in [6.07, 6.45) is 7.24. The molecule has 158 valence electrons. The number of hydrogen-bond donors (Lipinski definition) is 0. The molecule has 0 saturated heterocycles. The van der Waals surface area contributed by atoms with Gasteiger partial charge in [0.2, 0.25) is 5.91 Å². The van der Waals surface area contributed by atoms with Crippen LogP contribution in [0.4, 0.5) is 10.8 Å². The van der Waals surface area contributed by atoms with Crippen molar-refractivity contribution in [2.75, 3.05) is 11.2 Å². The number of sulfone groups is 1. The number of carbonyl (C=O) groups is 1. The van der Waals surface area contributed by atoms with E-state index < -0.39 is 9.84 Å². The van der Waals surface area contributed by atoms with Crippen LogP contribution in [0.2, 0.25) is 5.02 Å². The van der Waals surface area contributed by atoms with E-state index in [1.54, 1.807) is 11.0 Å². The lowest BCUT2D eigenvalue weighted by Gasteiger charge is -2.21. The van der Waals surface area contributed by atoms with Gasteiger partial charge in [0.25, 0.3) is 0 Å². The Hall–Kier alpha value is -1.96. The van der Waals surface area contributed by atoms with Gasteiger partial charge in [0.05, 0.1) is 25.8 Å². The quantitative estimate of drug-likeness (QED) is 0.451. The average molecular weight is 463 g/mol. The number of aromatic nitrogens is 1. The van der Waals surface area contributed by atoms with Crippen LogP contribution in [0.15, 0.2) is 47.4 Å². The molecule has 3 aromatic rings. The number of carbonyl (C=O) groups excluding carboxylic acids is 1. The van der Waals surface area contributed by atoms with Crippen molar-refractivity contribution < 1.29 is 13.2 Å². The Morgan fingerprint density at radius 1 is 1.20 bits per heavy atom. The highest BCUT2D eigenvalue weighted by Gasteiger charge is 2.25. The minimum atomic E-state index is -3.45. The molecule has 1 saturated carbocycles. The summed E-state index contributed by atoms with van der Waals surface area (Å²) in [5.74, 6) is 0.548. The first-order chi connectivity index (χ1) is 14.3. The summed E-state index contributed by atoms with van der Waals surface area (Å²) in [5.41, 5.74) is 1.35. The van der Waals surface area contributed by atoms with E-state index in [0.29, 0.717) is 23.2 Å². The first-order valence-corrected chi connectivity index (χ1v) is 13.1. The maximum atomic E-state index is 13.3. The van der Waals surface area contributed by atoms with Gasteiger partial charge in [0.15, 0.2) is 15.0 Å². The molecule has 0 aliphatic heterocycles. The van der Waals surface area contributed by atoms with Gasteiger partial charge < -0.3 is 0 Å². The Bertz CT molecular complexity index is 1150. The molecule has 0 radical (unpaired) electrons. The fourth-order valence-corrected chi connectivity index (χ4v) is 6.31. The summed E-state index contributed by atoms with van der Waals surface area (Å²) >= 11 is 7.71. The second kappa shape index (κ2) is 8.65. The zero-order valence-electron chi connectivity index (χ0n) is 16.7. The molecule has 1 aromatic heterocycles. The van der Waals surface area contributed by atoms with Gasteiger partial charge in [-0.25, -0.2) is 13.4 Å². The zero-order chi connectivity index (χ0) is 21.3. The van der Waals surface area contributed by atoms with Crippen molar-refractivity contribution in [2.45, 2.75) is 43.4 Å². The van der Waals surface area contributed by atoms with E-state index in [4.69, 9.17) is 11.6 Å². The van der Waals surface area contributed by atoms with Crippen molar-refractivity contribution >= 4 is 59.7 Å². The number of rotatable bonds is 6. The monoisotopic (exact) mass is 462 g/mol. The minimum absolute atomic E-state index is 0.0515. The van der Waals surface area contributed by atoms with Gasteiger partial charge in [0.1, 0.15) is 0 Å². The molecular weight excluding hydrogens is 440 g/mol. The normalized spacial score (nSPS) is 15.0. The minimum Gasteiger partial charge on any atom is -0.274 e. The van der Waals surface area contributed by atoms with Crippen molar-refractivity contribution in [1.29, 1.82) is 0 Å². The molecule has 1 aliphatic rings. The molecule has 4 rings (SSSR count). The lowest BCUT2D eigenvalue weighted by molar-refractivity contribution is -0.118. The third kappa shape index (κ3) is 4.53. The standard InChI is InChI=1S/C22H23ClN2O3S2/c1-30(27,28)20-12-11-16(14-17(20)23)25(21(26)13-10-15-6-2-3-7-15)22-24-18-8-4-5-9-19(18)29-22/h4-5,8-9,11-12,14-15H,2-3,6-7,10,13H2,1H3. The smallest absolute Gasteiger partial charge is 0.233 e. The van der Waals surface area contributed by atoms with Crippen molar-refractivity contribution in [3.63, 3.8) is 0 Å². The largest absolute Gasteiger partial charge is 0.274 e. The van der Waals surface area contributed by atoms with Crippen molar-refractivity contribution in [1.82, 2.24) is 4.98 Å². The molecule has 30 heavy (non-hydrogen) atoms. The Labute approximate surface area is 185 Å². The van der Waals surface area contributed by atoms with E-state index in [-0.39, 0.29) is 15.8 Å². The lowest BCUT2D eigenvalue weighted by atomic mass is 10.0. The van der Waals surface area contributed by atoms with E-state index in [0.717, 1.165) is 22.9 Å². The van der Waals surface area contributed by atoms with Gasteiger partial charge in [-0.3, -0.25) is 9.69 Å². The highest BCUT2D eigenvalue weighted by Crippen LogP contribution is 2.37. The molecule has 8 heteroatoms. The predicted molar refractivity (Wildman–Crippen MR) is 123 cm³/mol. The summed E-state index contributed by atoms with van der Waals surface area (Å²) in [7, 11) is -3.45. The van der Waals surface area contributed by atoms with Crippen LogP contribution in [-0.2, 0) is 14.6 Å². The fourth-order valence-electron chi connectivity index (χ4n) is 3.98. The molecule has 1 amide bonds. The molecular formula is C22H23ClN2O3S2. The zero-order valence-corrected chi connectivity index (χ0v) is 19.1. The van der Waals surface area contributed by atoms with E-state index in [1.807, 2.05) is 24.3 Å². The molecule has 1 heterocycles. The molecule has 0 unspecified atom stereocenters. The highest BCUT2D eigenvalue weighted by atomic mass is 35.5. The molecule has 5 nitrogen and oxygen atoms in total. The molecule has 1 fully saturated rings. The fraction of sp³-hybridized carbons (Fsp3) is 0.364. The molecule has 0 bridgehead atoms. The Morgan fingerprint density at radius 3 is 2.60 bits per heavy atom. The van der Waals surface area contributed by atoms with Crippen LogP contribution >= 0.6 is 22.9 Å². The SMILES string of the molecule is CS(=O)(=O)c1ccc(N(C(=O)CCC2CCCC2)c2nc3ccccc3s2)cc1Cl. The second-order valence-corrected chi connectivity index (χ2v) is 11.2. The van der Waals surface area contributed by atoms with Crippen LogP contribution in [-0.4, -0.2) is 25.6 Å². The number of benzene rings is 2. The third-order valence-electron chi connectivity index (χ3n) is 5.54. The van der Waals surface area contributed by atoms with Gasteiger partial charge in [-0.15, -0.1) is 0 Å². The number of thiazole rings is 1. The van der Waals surface area contributed by atoms with Gasteiger partial charge >= 0.3 is 0 Å². The maximum Gasteiger partial charge on any atom is 0.233 e. The van der Waals surface area contributed by atoms with Gasteiger partial charge in [-0.1, -0.05) is 60.8 Å². The number of amides is 1. The molecule has 0 spiro atoms. The van der Waals surface area contributed by atoms with Crippen LogP contribution < -0.4 is 4.90 Å². The summed E-state index contributed by atoms with van der Waals surface area (Å²) in [6, 6.07) is 12.4. The lowest BCUT2D eigenvalue weighted by Crippen LogP contribution is -2.26. The number of para-hydroxylation sites is 1. The highest BCUT2D eigenvalue weighted by molar-refractivity contribution is 7.90. The van der Waals surface area contributed by atoms with Crippen LogP contribution in [0.3, 0.4) is 0 Å². The van der Waals surface area contributed by atoms with Crippen LogP contribution in [0.1, 0.15) is 38.5 Å². The van der Waals surface area contributed by atoms with Crippen molar-refractivity contribution in [3.8, 4) is 0 Å². The van der Waals surface area contributed by atoms with Crippen molar-refractivity contribution in [2.24, 2.45) is 5.92 Å². The van der Waals surface area contributed by atoms with Crippen LogP contribution in [0.25, 0.3) is 10.2 Å². The van der Waals surface area contributed by atoms with Crippen molar-refractivity contribution in [3.05, 3.63) is 47.5 Å². The second-order valence-electron chi connectivity index (χ2n) is 7.77. The Kier molecular flexibility index (Phi) is 6.14. The number of halogens is 1. The number of hydrogen-bond acceptors (Lipinski definition) is 5. The summed E-state index contributed by atoms with van der Waals surface area (Å²) in [5, 5.41) is 0.667. The van der Waals surface area contributed by atoms with E-state index >= 15 is 0 Å². The van der Waals surface area contributed by atoms with Gasteiger partial charge in [0, 0.05) is 12.7 Å². The molecule has 0 atom stereocenters. The first kappa shape index (κ1) is 21.3. The number of nitrogens with zero attached hydrogens (tertiary/aromatic N) is 2. The third-order valence-corrected chi connectivity index (χ3v) is 8.14. The summed E-state index contributed by atoms with van der Waals surface area (Å²) in [6.45, 7) is 0. The van der Waals surface area contributed by atoms with Crippen LogP contribution in [0, 0.1) is 5.92 Å². The van der Waals surface area contributed by atoms with Crippen LogP contribution in [0.5, 0.6) is 0 Å². The number of anilines is 2. The van der Waals surface area contributed by atoms with E-state index in [1.165, 1.54) is 49.2 Å². The Morgan fingerprint density at radius 2 is 1.93 bits per heavy atom. The van der Waals surface area contributed by atoms with Gasteiger partial charge in [-0.05, 0) is 42.7 Å². The number of fused-ring (bicyclic) bond motifs is 1. The summed E-state index contributed by atoms with van der Waals surface area (Å²) < 4.78 is 24.8. The average Bonchev–Trinajstić information content (AvgIpc) is 3.35. The maximum absolute atomic E-state index is 13.3. The molecule has 2 aromatic carbocycles. The Balaban J connectivity index is 1.71. The summed E-state index contributed by atoms with van der Waals surface area (Å²) in [4.78, 5) is 19.6. The molecule has 1 aliphatic carbocycles. The topological polar surface area (TPSA) is 67.3 Å². The predicted octanol–water partition coefficient (Wildman–Crippen LogP) is 5.99.